The zero-order valence-corrected chi connectivity index (χ0v) is 16.0. The number of hydrogen-bond donors (Lipinski definition) is 0. The Bertz CT molecular complexity index is 1240. The van der Waals surface area contributed by atoms with E-state index < -0.39 is 11.7 Å². The van der Waals surface area contributed by atoms with Crippen molar-refractivity contribution in [2.45, 2.75) is 6.54 Å². The molecule has 1 amide bonds. The molecule has 5 nitrogen and oxygen atoms in total. The van der Waals surface area contributed by atoms with Gasteiger partial charge in [-0.3, -0.25) is 19.6 Å². The van der Waals surface area contributed by atoms with Gasteiger partial charge < -0.3 is 4.90 Å². The number of hydrogen-bond acceptors (Lipinski definition) is 4. The van der Waals surface area contributed by atoms with Crippen molar-refractivity contribution >= 4 is 17.4 Å². The quantitative estimate of drug-likeness (QED) is 0.479. The summed E-state index contributed by atoms with van der Waals surface area (Å²) in [5.74, 6) is -0.965. The lowest BCUT2D eigenvalue weighted by atomic mass is 10.0. The molecule has 1 aliphatic heterocycles. The van der Waals surface area contributed by atoms with Crippen molar-refractivity contribution in [1.82, 2.24) is 9.97 Å². The van der Waals surface area contributed by atoms with Gasteiger partial charge in [-0.2, -0.15) is 0 Å². The number of nitrogens with zero attached hydrogens (tertiary/aromatic N) is 3. The first-order valence-corrected chi connectivity index (χ1v) is 9.61. The standard InChI is InChI=1S/C25H17N3O2/c29-24-22-13-19(21-4-2-12-27-15-21)9-10-23(22)28(25(24)30)16-17-5-7-18(8-6-17)20-3-1-11-26-14-20/h1-15H,16H2. The highest BCUT2D eigenvalue weighted by atomic mass is 16.2. The van der Waals surface area contributed by atoms with Crippen molar-refractivity contribution in [3.8, 4) is 22.3 Å². The van der Waals surface area contributed by atoms with Crippen molar-refractivity contribution in [3.05, 3.63) is 103 Å². The monoisotopic (exact) mass is 391 g/mol. The smallest absolute Gasteiger partial charge is 0.299 e. The van der Waals surface area contributed by atoms with E-state index in [2.05, 4.69) is 9.97 Å². The summed E-state index contributed by atoms with van der Waals surface area (Å²) < 4.78 is 0. The largest absolute Gasteiger partial charge is 0.300 e. The third kappa shape index (κ3) is 3.16. The van der Waals surface area contributed by atoms with Gasteiger partial charge in [0.1, 0.15) is 0 Å². The van der Waals surface area contributed by atoms with E-state index in [0.717, 1.165) is 27.8 Å². The molecular weight excluding hydrogens is 374 g/mol. The maximum absolute atomic E-state index is 12.7. The molecule has 5 heteroatoms. The molecule has 0 unspecified atom stereocenters. The fourth-order valence-corrected chi connectivity index (χ4v) is 3.69. The molecule has 0 saturated carbocycles. The molecule has 1 aliphatic rings. The molecule has 0 radical (unpaired) electrons. The summed E-state index contributed by atoms with van der Waals surface area (Å²) in [4.78, 5) is 35.1. The van der Waals surface area contributed by atoms with Gasteiger partial charge in [-0.1, -0.05) is 42.5 Å². The Balaban J connectivity index is 1.43. The minimum Gasteiger partial charge on any atom is -0.300 e. The van der Waals surface area contributed by atoms with Gasteiger partial charge in [0.15, 0.2) is 0 Å². The van der Waals surface area contributed by atoms with Gasteiger partial charge in [-0.25, -0.2) is 0 Å². The third-order valence-electron chi connectivity index (χ3n) is 5.26. The summed E-state index contributed by atoms with van der Waals surface area (Å²) in [5.41, 5.74) is 5.90. The lowest BCUT2D eigenvalue weighted by Crippen LogP contribution is -2.29. The highest BCUT2D eigenvalue weighted by Gasteiger charge is 2.35. The molecule has 0 saturated heterocycles. The first kappa shape index (κ1) is 17.9. The number of ketones is 1. The summed E-state index contributed by atoms with van der Waals surface area (Å²) in [6.07, 6.45) is 7.00. The molecule has 4 aromatic rings. The molecule has 2 aromatic heterocycles. The lowest BCUT2D eigenvalue weighted by Gasteiger charge is -2.17. The van der Waals surface area contributed by atoms with Gasteiger partial charge in [-0.15, -0.1) is 0 Å². The number of carbonyl (C=O) groups is 2. The van der Waals surface area contributed by atoms with Crippen LogP contribution in [0.3, 0.4) is 0 Å². The minimum absolute atomic E-state index is 0.344. The van der Waals surface area contributed by atoms with Gasteiger partial charge in [-0.05, 0) is 46.5 Å². The maximum Gasteiger partial charge on any atom is 0.299 e. The number of fused-ring (bicyclic) bond motifs is 1. The van der Waals surface area contributed by atoms with E-state index in [9.17, 15) is 9.59 Å². The highest BCUT2D eigenvalue weighted by molar-refractivity contribution is 6.52. The van der Waals surface area contributed by atoms with Crippen LogP contribution in [0.25, 0.3) is 22.3 Å². The lowest BCUT2D eigenvalue weighted by molar-refractivity contribution is -0.114. The zero-order chi connectivity index (χ0) is 20.5. The topological polar surface area (TPSA) is 63.2 Å². The van der Waals surface area contributed by atoms with Crippen LogP contribution in [0, 0.1) is 0 Å². The average molecular weight is 391 g/mol. The van der Waals surface area contributed by atoms with Crippen LogP contribution in [0.15, 0.2) is 91.5 Å². The van der Waals surface area contributed by atoms with Gasteiger partial charge in [0.2, 0.25) is 0 Å². The maximum atomic E-state index is 12.7. The molecule has 0 atom stereocenters. The molecule has 0 aliphatic carbocycles. The molecule has 0 bridgehead atoms. The van der Waals surface area contributed by atoms with Crippen LogP contribution < -0.4 is 4.90 Å². The predicted molar refractivity (Wildman–Crippen MR) is 115 cm³/mol. The van der Waals surface area contributed by atoms with Crippen LogP contribution in [0.4, 0.5) is 5.69 Å². The summed E-state index contributed by atoms with van der Waals surface area (Å²) in [6.45, 7) is 0.344. The van der Waals surface area contributed by atoms with Crippen molar-refractivity contribution in [1.29, 1.82) is 0 Å². The van der Waals surface area contributed by atoms with Crippen molar-refractivity contribution in [2.24, 2.45) is 0 Å². The third-order valence-corrected chi connectivity index (χ3v) is 5.26. The Kier molecular flexibility index (Phi) is 4.41. The van der Waals surface area contributed by atoms with Gasteiger partial charge in [0.25, 0.3) is 11.7 Å². The number of Topliss-reactive ketones (excluding diaryl/α,β-unsaturated/α-hetero) is 1. The fraction of sp³-hybridized carbons (Fsp3) is 0.0400. The first-order chi connectivity index (χ1) is 14.7. The number of carbonyl (C=O) groups excluding carboxylic acids is 2. The molecule has 0 fully saturated rings. The van der Waals surface area contributed by atoms with E-state index in [0.29, 0.717) is 17.8 Å². The molecular formula is C25H17N3O2. The number of benzene rings is 2. The van der Waals surface area contributed by atoms with Gasteiger partial charge >= 0.3 is 0 Å². The van der Waals surface area contributed by atoms with Crippen LogP contribution in [-0.2, 0) is 11.3 Å². The van der Waals surface area contributed by atoms with E-state index in [-0.39, 0.29) is 0 Å². The van der Waals surface area contributed by atoms with Crippen molar-refractivity contribution < 1.29 is 9.59 Å². The molecule has 3 heterocycles. The van der Waals surface area contributed by atoms with E-state index in [4.69, 9.17) is 0 Å². The Hall–Kier alpha value is -4.12. The molecule has 2 aromatic carbocycles. The summed E-state index contributed by atoms with van der Waals surface area (Å²) in [5, 5.41) is 0. The average Bonchev–Trinajstić information content (AvgIpc) is 3.05. The van der Waals surface area contributed by atoms with Crippen molar-refractivity contribution in [3.63, 3.8) is 0 Å². The number of amides is 1. The zero-order valence-electron chi connectivity index (χ0n) is 16.0. The van der Waals surface area contributed by atoms with Crippen LogP contribution in [0.5, 0.6) is 0 Å². The van der Waals surface area contributed by atoms with E-state index in [1.54, 1.807) is 29.6 Å². The Morgan fingerprint density at radius 2 is 1.33 bits per heavy atom. The van der Waals surface area contributed by atoms with Gasteiger partial charge in [0, 0.05) is 30.4 Å². The first-order valence-electron chi connectivity index (χ1n) is 9.61. The van der Waals surface area contributed by atoms with Crippen LogP contribution >= 0.6 is 0 Å². The van der Waals surface area contributed by atoms with Crippen molar-refractivity contribution in [2.75, 3.05) is 4.90 Å². The minimum atomic E-state index is -0.496. The normalized spacial score (nSPS) is 12.9. The second-order valence-corrected chi connectivity index (χ2v) is 7.13. The molecule has 30 heavy (non-hydrogen) atoms. The molecule has 0 spiro atoms. The second-order valence-electron chi connectivity index (χ2n) is 7.13. The summed E-state index contributed by atoms with van der Waals surface area (Å²) in [7, 11) is 0. The van der Waals surface area contributed by atoms with Gasteiger partial charge in [0.05, 0.1) is 17.8 Å². The number of aromatic nitrogens is 2. The van der Waals surface area contributed by atoms with E-state index >= 15 is 0 Å². The number of rotatable bonds is 4. The van der Waals surface area contributed by atoms with Crippen LogP contribution in [-0.4, -0.2) is 21.7 Å². The predicted octanol–water partition coefficient (Wildman–Crippen LogP) is 4.54. The molecule has 0 N–H and O–H groups in total. The summed E-state index contributed by atoms with van der Waals surface area (Å²) >= 11 is 0. The Morgan fingerprint density at radius 1 is 0.700 bits per heavy atom. The number of anilines is 1. The Morgan fingerprint density at radius 3 is 1.97 bits per heavy atom. The molecule has 144 valence electrons. The van der Waals surface area contributed by atoms with Crippen LogP contribution in [0.1, 0.15) is 15.9 Å². The van der Waals surface area contributed by atoms with E-state index in [1.807, 2.05) is 66.9 Å². The van der Waals surface area contributed by atoms with E-state index in [1.165, 1.54) is 0 Å². The summed E-state index contributed by atoms with van der Waals surface area (Å²) in [6, 6.07) is 21.2. The van der Waals surface area contributed by atoms with Crippen LogP contribution in [0.2, 0.25) is 0 Å². The number of pyridine rings is 2. The highest BCUT2D eigenvalue weighted by Crippen LogP contribution is 2.34. The molecule has 5 rings (SSSR count). The SMILES string of the molecule is O=C1C(=O)N(Cc2ccc(-c3cccnc3)cc2)c2ccc(-c3cccnc3)cc21. The second kappa shape index (κ2) is 7.37. The Labute approximate surface area is 173 Å². The fourth-order valence-electron chi connectivity index (χ4n) is 3.69.